The second-order valence-corrected chi connectivity index (χ2v) is 10.3. The Hall–Kier alpha value is -3.17. The minimum Gasteiger partial charge on any atom is -0.488 e. The average molecular weight is 498 g/mol. The molecule has 0 aliphatic heterocycles. The fourth-order valence-corrected chi connectivity index (χ4v) is 5.62. The van der Waals surface area contributed by atoms with Crippen molar-refractivity contribution in [3.8, 4) is 17.1 Å². The molecule has 194 valence electrons. The average Bonchev–Trinajstić information content (AvgIpc) is 3.23. The SMILES string of the molecule is CCOC(=O)C1C2CC[C@H](Oc3ccc(-c4nnn(C)c4COC(=O)N(C)CC4CCC4)nc3C)C21. The van der Waals surface area contributed by atoms with Crippen LogP contribution in [0.15, 0.2) is 12.1 Å². The third kappa shape index (κ3) is 4.77. The molecule has 2 aromatic heterocycles. The van der Waals surface area contributed by atoms with Gasteiger partial charge in [0.15, 0.2) is 0 Å². The number of aryl methyl sites for hydroxylation is 2. The van der Waals surface area contributed by atoms with E-state index in [0.717, 1.165) is 25.1 Å². The summed E-state index contributed by atoms with van der Waals surface area (Å²) in [4.78, 5) is 31.0. The summed E-state index contributed by atoms with van der Waals surface area (Å²) >= 11 is 0. The fraction of sp³-hybridized carbons (Fsp3) is 0.654. The van der Waals surface area contributed by atoms with Crippen LogP contribution in [-0.4, -0.2) is 63.2 Å². The highest BCUT2D eigenvalue weighted by molar-refractivity contribution is 5.77. The summed E-state index contributed by atoms with van der Waals surface area (Å²) < 4.78 is 18.7. The predicted octanol–water partition coefficient (Wildman–Crippen LogP) is 3.52. The molecule has 3 fully saturated rings. The van der Waals surface area contributed by atoms with Crippen LogP contribution in [0.1, 0.15) is 50.4 Å². The maximum Gasteiger partial charge on any atom is 0.409 e. The Kier molecular flexibility index (Phi) is 6.85. The Bertz CT molecular complexity index is 1130. The van der Waals surface area contributed by atoms with Gasteiger partial charge in [-0.15, -0.1) is 5.10 Å². The zero-order valence-electron chi connectivity index (χ0n) is 21.5. The third-order valence-corrected chi connectivity index (χ3v) is 7.90. The number of carbonyl (C=O) groups is 2. The highest BCUT2D eigenvalue weighted by Crippen LogP contribution is 2.59. The van der Waals surface area contributed by atoms with Gasteiger partial charge < -0.3 is 19.1 Å². The molecule has 0 aromatic carbocycles. The molecule has 0 radical (unpaired) electrons. The van der Waals surface area contributed by atoms with Crippen molar-refractivity contribution < 1.29 is 23.8 Å². The van der Waals surface area contributed by atoms with Crippen LogP contribution >= 0.6 is 0 Å². The number of carbonyl (C=O) groups excluding carboxylic acids is 2. The third-order valence-electron chi connectivity index (χ3n) is 7.90. The topological polar surface area (TPSA) is 109 Å². The highest BCUT2D eigenvalue weighted by atomic mass is 16.6. The van der Waals surface area contributed by atoms with E-state index in [1.165, 1.54) is 19.3 Å². The lowest BCUT2D eigenvalue weighted by atomic mass is 9.85. The van der Waals surface area contributed by atoms with Gasteiger partial charge in [-0.3, -0.25) is 4.79 Å². The Morgan fingerprint density at radius 2 is 1.97 bits per heavy atom. The van der Waals surface area contributed by atoms with Crippen LogP contribution in [-0.2, 0) is 27.9 Å². The lowest BCUT2D eigenvalue weighted by molar-refractivity contribution is -0.146. The minimum atomic E-state index is -0.349. The number of rotatable bonds is 9. The summed E-state index contributed by atoms with van der Waals surface area (Å²) in [6.45, 7) is 4.92. The van der Waals surface area contributed by atoms with Crippen molar-refractivity contribution in [2.45, 2.75) is 58.7 Å². The van der Waals surface area contributed by atoms with Gasteiger partial charge in [0.2, 0.25) is 0 Å². The quantitative estimate of drug-likeness (QED) is 0.484. The number of fused-ring (bicyclic) bond motifs is 1. The van der Waals surface area contributed by atoms with Crippen molar-refractivity contribution in [3.63, 3.8) is 0 Å². The molecule has 2 aromatic rings. The zero-order valence-corrected chi connectivity index (χ0v) is 21.5. The number of aromatic nitrogens is 4. The van der Waals surface area contributed by atoms with Crippen LogP contribution in [0.2, 0.25) is 0 Å². The van der Waals surface area contributed by atoms with E-state index in [1.54, 1.807) is 23.7 Å². The molecule has 3 unspecified atom stereocenters. The molecule has 0 saturated heterocycles. The second kappa shape index (κ2) is 10.1. The molecule has 36 heavy (non-hydrogen) atoms. The lowest BCUT2D eigenvalue weighted by Gasteiger charge is -2.29. The smallest absolute Gasteiger partial charge is 0.409 e. The maximum absolute atomic E-state index is 12.5. The molecular weight excluding hydrogens is 462 g/mol. The molecule has 3 saturated carbocycles. The number of esters is 1. The number of pyridine rings is 1. The van der Waals surface area contributed by atoms with Crippen molar-refractivity contribution in [2.75, 3.05) is 20.2 Å². The summed E-state index contributed by atoms with van der Waals surface area (Å²) in [6.07, 6.45) is 5.15. The largest absolute Gasteiger partial charge is 0.488 e. The van der Waals surface area contributed by atoms with E-state index in [9.17, 15) is 9.59 Å². The minimum absolute atomic E-state index is 0.000767. The Labute approximate surface area is 211 Å². The van der Waals surface area contributed by atoms with Crippen molar-refractivity contribution in [1.82, 2.24) is 24.9 Å². The molecule has 10 nitrogen and oxygen atoms in total. The van der Waals surface area contributed by atoms with E-state index in [1.807, 2.05) is 26.0 Å². The first-order valence-electron chi connectivity index (χ1n) is 12.9. The van der Waals surface area contributed by atoms with Gasteiger partial charge >= 0.3 is 12.1 Å². The van der Waals surface area contributed by atoms with Crippen LogP contribution in [0.5, 0.6) is 5.75 Å². The predicted molar refractivity (Wildman–Crippen MR) is 130 cm³/mol. The van der Waals surface area contributed by atoms with Gasteiger partial charge in [-0.1, -0.05) is 11.6 Å². The second-order valence-electron chi connectivity index (χ2n) is 10.3. The first kappa shape index (κ1) is 24.5. The number of ether oxygens (including phenoxy) is 3. The van der Waals surface area contributed by atoms with Gasteiger partial charge in [-0.05, 0) is 63.5 Å². The zero-order chi connectivity index (χ0) is 25.4. The monoisotopic (exact) mass is 497 g/mol. The van der Waals surface area contributed by atoms with Crippen LogP contribution in [0, 0.1) is 30.6 Å². The van der Waals surface area contributed by atoms with E-state index >= 15 is 0 Å². The van der Waals surface area contributed by atoms with Crippen LogP contribution in [0.25, 0.3) is 11.4 Å². The molecule has 2 heterocycles. The molecular formula is C26H35N5O5. The van der Waals surface area contributed by atoms with Crippen molar-refractivity contribution >= 4 is 12.1 Å². The van der Waals surface area contributed by atoms with E-state index in [0.29, 0.717) is 41.3 Å². The molecule has 3 aliphatic carbocycles. The first-order chi connectivity index (χ1) is 17.4. The van der Waals surface area contributed by atoms with Gasteiger partial charge in [0.05, 0.1) is 23.9 Å². The normalized spacial score (nSPS) is 24.6. The van der Waals surface area contributed by atoms with Crippen LogP contribution in [0.4, 0.5) is 4.79 Å². The molecule has 0 N–H and O–H groups in total. The number of hydrogen-bond acceptors (Lipinski definition) is 8. The summed E-state index contributed by atoms with van der Waals surface area (Å²) in [5.41, 5.74) is 2.63. The van der Waals surface area contributed by atoms with E-state index in [-0.39, 0.29) is 36.6 Å². The Balaban J connectivity index is 1.22. The molecule has 5 rings (SSSR count). The van der Waals surface area contributed by atoms with Crippen molar-refractivity contribution in [3.05, 3.63) is 23.5 Å². The summed E-state index contributed by atoms with van der Waals surface area (Å²) in [6, 6.07) is 3.74. The van der Waals surface area contributed by atoms with E-state index in [2.05, 4.69) is 10.3 Å². The maximum atomic E-state index is 12.5. The standard InChI is InChI=1S/C26H35N5O5/c1-5-34-25(32)23-17-9-11-21(22(17)23)36-20-12-10-18(27-15(20)2)24-19(31(4)29-28-24)14-35-26(33)30(3)13-16-7-6-8-16/h10,12,16-17,21-23H,5-9,11,13-14H2,1-4H3/t17?,21-,22?,23?/m0/s1. The highest BCUT2D eigenvalue weighted by Gasteiger charge is 2.63. The van der Waals surface area contributed by atoms with Gasteiger partial charge in [-0.25, -0.2) is 14.5 Å². The molecule has 1 amide bonds. The van der Waals surface area contributed by atoms with Crippen molar-refractivity contribution in [2.24, 2.45) is 30.7 Å². The number of amides is 1. The Morgan fingerprint density at radius 3 is 2.67 bits per heavy atom. The lowest BCUT2D eigenvalue weighted by Crippen LogP contribution is -2.34. The van der Waals surface area contributed by atoms with Gasteiger partial charge in [-0.2, -0.15) is 0 Å². The number of nitrogens with zero attached hydrogens (tertiary/aromatic N) is 5. The molecule has 4 atom stereocenters. The van der Waals surface area contributed by atoms with E-state index in [4.69, 9.17) is 19.2 Å². The van der Waals surface area contributed by atoms with Crippen LogP contribution < -0.4 is 4.74 Å². The molecule has 10 heteroatoms. The summed E-state index contributed by atoms with van der Waals surface area (Å²) in [5, 5.41) is 8.40. The molecule has 3 aliphatic rings. The molecule has 0 bridgehead atoms. The summed E-state index contributed by atoms with van der Waals surface area (Å²) in [7, 11) is 3.55. The summed E-state index contributed by atoms with van der Waals surface area (Å²) in [5.74, 6) is 1.75. The molecule has 0 spiro atoms. The van der Waals surface area contributed by atoms with Gasteiger partial charge in [0.25, 0.3) is 0 Å². The first-order valence-corrected chi connectivity index (χ1v) is 12.9. The fourth-order valence-electron chi connectivity index (χ4n) is 5.62. The number of hydrogen-bond donors (Lipinski definition) is 0. The van der Waals surface area contributed by atoms with Crippen molar-refractivity contribution in [1.29, 1.82) is 0 Å². The van der Waals surface area contributed by atoms with Crippen LogP contribution in [0.3, 0.4) is 0 Å². The van der Waals surface area contributed by atoms with E-state index < -0.39 is 0 Å². The Morgan fingerprint density at radius 1 is 1.17 bits per heavy atom. The van der Waals surface area contributed by atoms with Gasteiger partial charge in [0, 0.05) is 26.6 Å². The van der Waals surface area contributed by atoms with Gasteiger partial charge in [0.1, 0.15) is 29.8 Å².